The molecule has 0 unspecified atom stereocenters. The molecule has 7 nitrogen and oxygen atoms in total. The number of carbonyl (C=O) groups excluding carboxylic acids is 1. The monoisotopic (exact) mass is 466 g/mol. The second kappa shape index (κ2) is 9.30. The highest BCUT2D eigenvalue weighted by Crippen LogP contribution is 2.24. The lowest BCUT2D eigenvalue weighted by molar-refractivity contribution is 0.241. The summed E-state index contributed by atoms with van der Waals surface area (Å²) in [7, 11) is -3.43. The number of rotatable bonds is 7. The van der Waals surface area contributed by atoms with Crippen LogP contribution in [0.25, 0.3) is 22.2 Å². The van der Waals surface area contributed by atoms with Crippen molar-refractivity contribution in [2.75, 3.05) is 12.3 Å². The maximum atomic E-state index is 13.2. The molecular formula is C24H19FN2O5S. The third kappa shape index (κ3) is 4.96. The zero-order valence-corrected chi connectivity index (χ0v) is 18.2. The van der Waals surface area contributed by atoms with E-state index in [0.717, 1.165) is 4.57 Å². The van der Waals surface area contributed by atoms with Crippen molar-refractivity contribution in [2.45, 2.75) is 17.7 Å². The van der Waals surface area contributed by atoms with Crippen molar-refractivity contribution >= 4 is 27.0 Å². The highest BCUT2D eigenvalue weighted by Gasteiger charge is 2.17. The zero-order valence-electron chi connectivity index (χ0n) is 17.4. The Bertz CT molecular complexity index is 1440. The van der Waals surface area contributed by atoms with Gasteiger partial charge in [-0.1, -0.05) is 30.3 Å². The molecule has 9 heteroatoms. The van der Waals surface area contributed by atoms with Crippen molar-refractivity contribution in [3.63, 3.8) is 0 Å². The van der Waals surface area contributed by atoms with Crippen LogP contribution in [0, 0.1) is 17.9 Å². The Morgan fingerprint density at radius 2 is 1.79 bits per heavy atom. The van der Waals surface area contributed by atoms with Crippen LogP contribution < -0.4 is 11.1 Å². The van der Waals surface area contributed by atoms with Gasteiger partial charge >= 0.3 is 11.8 Å². The van der Waals surface area contributed by atoms with Gasteiger partial charge < -0.3 is 9.73 Å². The molecule has 0 fully saturated rings. The number of benzene rings is 2. The normalized spacial score (nSPS) is 11.3. The van der Waals surface area contributed by atoms with Gasteiger partial charge in [-0.15, -0.1) is 0 Å². The highest BCUT2D eigenvalue weighted by atomic mass is 32.2. The van der Waals surface area contributed by atoms with Crippen LogP contribution >= 0.6 is 0 Å². The van der Waals surface area contributed by atoms with Crippen LogP contribution in [0.1, 0.15) is 12.8 Å². The minimum Gasteiger partial charge on any atom is -0.407 e. The van der Waals surface area contributed by atoms with E-state index < -0.39 is 21.6 Å². The molecule has 0 saturated carbocycles. The van der Waals surface area contributed by atoms with Crippen molar-refractivity contribution in [1.82, 2.24) is 9.88 Å². The Kier molecular flexibility index (Phi) is 6.29. The minimum absolute atomic E-state index is 0.0731. The first-order valence-electron chi connectivity index (χ1n) is 10.2. The fourth-order valence-corrected chi connectivity index (χ4v) is 4.70. The lowest BCUT2D eigenvalue weighted by Gasteiger charge is -2.07. The number of hydrogen-bond acceptors (Lipinski definition) is 5. The lowest BCUT2D eigenvalue weighted by Crippen LogP contribution is -2.34. The molecule has 0 aliphatic rings. The molecule has 1 amide bonds. The van der Waals surface area contributed by atoms with Crippen LogP contribution in [0.4, 0.5) is 9.18 Å². The lowest BCUT2D eigenvalue weighted by atomic mass is 10.1. The molecule has 0 radical (unpaired) electrons. The number of nitrogens with one attached hydrogen (secondary N) is 1. The number of oxazole rings is 1. The van der Waals surface area contributed by atoms with Gasteiger partial charge in [0.2, 0.25) is 0 Å². The quantitative estimate of drug-likeness (QED) is 0.418. The molecule has 1 aromatic heterocycles. The number of amides is 1. The summed E-state index contributed by atoms with van der Waals surface area (Å²) in [5.74, 6) is -1.28. The molecule has 0 spiro atoms. The maximum Gasteiger partial charge on any atom is 0.428 e. The molecule has 0 aliphatic carbocycles. The molecule has 168 valence electrons. The van der Waals surface area contributed by atoms with Crippen molar-refractivity contribution in [3.05, 3.63) is 89.2 Å². The summed E-state index contributed by atoms with van der Waals surface area (Å²) in [4.78, 5) is 25.1. The molecule has 4 rings (SSSR count). The van der Waals surface area contributed by atoms with E-state index in [1.54, 1.807) is 30.3 Å². The molecule has 0 saturated heterocycles. The number of fused-ring (bicyclic) bond motifs is 1. The number of hydrogen-bond donors (Lipinski definition) is 1. The van der Waals surface area contributed by atoms with E-state index in [-0.39, 0.29) is 34.1 Å². The van der Waals surface area contributed by atoms with Gasteiger partial charge in [0.25, 0.3) is 0 Å². The van der Waals surface area contributed by atoms with E-state index in [9.17, 15) is 22.4 Å². The molecule has 0 bridgehead atoms. The van der Waals surface area contributed by atoms with Gasteiger partial charge in [-0.2, -0.15) is 4.57 Å². The van der Waals surface area contributed by atoms with Gasteiger partial charge in [-0.05, 0) is 60.4 Å². The van der Waals surface area contributed by atoms with E-state index in [1.165, 1.54) is 30.3 Å². The van der Waals surface area contributed by atoms with Crippen LogP contribution in [0.2, 0.25) is 0 Å². The first-order chi connectivity index (χ1) is 15.8. The fraction of sp³-hybridized carbons (Fsp3) is 0.167. The predicted octanol–water partition coefficient (Wildman–Crippen LogP) is 3.81. The second-order valence-corrected chi connectivity index (χ2v) is 9.43. The average Bonchev–Trinajstić information content (AvgIpc) is 3.14. The summed E-state index contributed by atoms with van der Waals surface area (Å²) in [5, 5.41) is 2.62. The summed E-state index contributed by atoms with van der Waals surface area (Å²) in [6.07, 6.45) is 0.732. The predicted molar refractivity (Wildman–Crippen MR) is 120 cm³/mol. The molecule has 33 heavy (non-hydrogen) atoms. The number of halogens is 1. The van der Waals surface area contributed by atoms with Crippen molar-refractivity contribution in [2.24, 2.45) is 0 Å². The third-order valence-electron chi connectivity index (χ3n) is 5.06. The summed E-state index contributed by atoms with van der Waals surface area (Å²) in [6, 6.07) is 19.7. The maximum absolute atomic E-state index is 13.2. The fourth-order valence-electron chi connectivity index (χ4n) is 3.37. The van der Waals surface area contributed by atoms with Crippen molar-refractivity contribution < 1.29 is 22.0 Å². The molecule has 4 aromatic rings. The van der Waals surface area contributed by atoms with E-state index in [2.05, 4.69) is 17.4 Å². The molecular weight excluding hydrogens is 447 g/mol. The molecule has 1 heterocycles. The SMILES string of the molecule is O=C(NCCCCS(=O)(=O)c1cc#ccc1)n1c(=O)oc2ccc(-c3ccc(F)cc3)cc21. The van der Waals surface area contributed by atoms with Crippen LogP contribution in [-0.4, -0.2) is 31.3 Å². The average molecular weight is 466 g/mol. The Morgan fingerprint density at radius 1 is 1.03 bits per heavy atom. The number of unbranched alkanes of at least 4 members (excludes halogenated alkanes) is 1. The van der Waals surface area contributed by atoms with Crippen LogP contribution in [0.5, 0.6) is 0 Å². The standard InChI is InChI=1S/C24H19FN2O5S/c25-19-11-8-17(9-12-19)18-10-13-22-21(16-18)27(24(29)32-22)23(28)26-14-4-5-15-33(30,31)20-6-2-1-3-7-20/h2,6-13,16H,4-5,14-15H2,(H,26,28). The van der Waals surface area contributed by atoms with Gasteiger partial charge in [0, 0.05) is 12.6 Å². The minimum atomic E-state index is -3.43. The number of aromatic nitrogens is 1. The topological polar surface area (TPSA) is 98.4 Å². The molecule has 0 aliphatic heterocycles. The van der Waals surface area contributed by atoms with Gasteiger partial charge in [0.1, 0.15) is 11.3 Å². The summed E-state index contributed by atoms with van der Waals surface area (Å²) >= 11 is 0. The van der Waals surface area contributed by atoms with Gasteiger partial charge in [-0.3, -0.25) is 0 Å². The highest BCUT2D eigenvalue weighted by molar-refractivity contribution is 7.91. The third-order valence-corrected chi connectivity index (χ3v) is 6.86. The van der Waals surface area contributed by atoms with E-state index >= 15 is 0 Å². The smallest absolute Gasteiger partial charge is 0.407 e. The molecule has 0 atom stereocenters. The van der Waals surface area contributed by atoms with Crippen LogP contribution in [-0.2, 0) is 9.84 Å². The van der Waals surface area contributed by atoms with E-state index in [0.29, 0.717) is 24.0 Å². The Hall–Kier alpha value is -3.90. The first-order valence-corrected chi connectivity index (χ1v) is 11.8. The molecule has 3 aromatic carbocycles. The summed E-state index contributed by atoms with van der Waals surface area (Å²) in [5.41, 5.74) is 1.92. The summed E-state index contributed by atoms with van der Waals surface area (Å²) < 4.78 is 43.8. The summed E-state index contributed by atoms with van der Waals surface area (Å²) in [6.45, 7) is 0.180. The first kappa shape index (κ1) is 22.3. The van der Waals surface area contributed by atoms with E-state index in [4.69, 9.17) is 4.42 Å². The zero-order chi connectivity index (χ0) is 23.4. The van der Waals surface area contributed by atoms with Crippen LogP contribution in [0.15, 0.2) is 74.8 Å². The number of sulfone groups is 1. The number of nitrogens with zero attached hydrogens (tertiary/aromatic N) is 1. The van der Waals surface area contributed by atoms with Gasteiger partial charge in [0.05, 0.1) is 10.6 Å². The Labute approximate surface area is 189 Å². The Morgan fingerprint density at radius 3 is 2.52 bits per heavy atom. The van der Waals surface area contributed by atoms with Gasteiger partial charge in [-0.25, -0.2) is 22.4 Å². The molecule has 1 N–H and O–H groups in total. The van der Waals surface area contributed by atoms with Crippen molar-refractivity contribution in [3.8, 4) is 11.1 Å². The Balaban J connectivity index is 1.41. The second-order valence-electron chi connectivity index (χ2n) is 7.32. The number of carbonyl (C=O) groups is 1. The van der Waals surface area contributed by atoms with E-state index in [1.807, 2.05) is 0 Å². The van der Waals surface area contributed by atoms with Crippen molar-refractivity contribution in [1.29, 1.82) is 0 Å². The van der Waals surface area contributed by atoms with Gasteiger partial charge in [0.15, 0.2) is 15.4 Å². The van der Waals surface area contributed by atoms with Crippen LogP contribution in [0.3, 0.4) is 0 Å². The largest absolute Gasteiger partial charge is 0.428 e.